The highest BCUT2D eigenvalue weighted by molar-refractivity contribution is 5.41. The Balaban J connectivity index is 2.54. The number of aromatic nitrogens is 1. The molecule has 0 aliphatic carbocycles. The van der Waals surface area contributed by atoms with Gasteiger partial charge in [0.1, 0.15) is 17.4 Å². The molecule has 0 radical (unpaired) electrons. The number of rotatable bonds is 4. The number of hydrogen-bond acceptors (Lipinski definition) is 3. The Kier molecular flexibility index (Phi) is 4.06. The number of ether oxygens (including phenoxy) is 1. The van der Waals surface area contributed by atoms with E-state index in [1.54, 1.807) is 13.1 Å². The third-order valence-electron chi connectivity index (χ3n) is 2.91. The molecule has 1 aromatic carbocycles. The van der Waals surface area contributed by atoms with Crippen molar-refractivity contribution in [3.05, 3.63) is 59.4 Å². The molecule has 100 valence electrons. The summed E-state index contributed by atoms with van der Waals surface area (Å²) in [6.07, 6.45) is 2.62. The van der Waals surface area contributed by atoms with Gasteiger partial charge >= 0.3 is 0 Å². The van der Waals surface area contributed by atoms with Crippen molar-refractivity contribution in [1.29, 1.82) is 0 Å². The highest BCUT2D eigenvalue weighted by atomic mass is 19.1. The lowest BCUT2D eigenvalue weighted by Gasteiger charge is -2.20. The molecule has 5 heteroatoms. The molecule has 0 saturated heterocycles. The zero-order valence-corrected chi connectivity index (χ0v) is 10.7. The first-order valence-corrected chi connectivity index (χ1v) is 5.77. The van der Waals surface area contributed by atoms with Crippen molar-refractivity contribution < 1.29 is 13.5 Å². The van der Waals surface area contributed by atoms with E-state index in [9.17, 15) is 8.78 Å². The highest BCUT2D eigenvalue weighted by Crippen LogP contribution is 2.31. The molecule has 19 heavy (non-hydrogen) atoms. The number of halogens is 2. The molecule has 1 heterocycles. The maximum absolute atomic E-state index is 13.8. The summed E-state index contributed by atoms with van der Waals surface area (Å²) in [4.78, 5) is 3.71. The molecule has 0 bridgehead atoms. The predicted molar refractivity (Wildman–Crippen MR) is 68.0 cm³/mol. The second kappa shape index (κ2) is 5.75. The van der Waals surface area contributed by atoms with E-state index in [2.05, 4.69) is 10.3 Å². The van der Waals surface area contributed by atoms with Crippen LogP contribution in [-0.2, 0) is 0 Å². The highest BCUT2D eigenvalue weighted by Gasteiger charge is 2.20. The van der Waals surface area contributed by atoms with Gasteiger partial charge in [-0.1, -0.05) is 0 Å². The van der Waals surface area contributed by atoms with Crippen LogP contribution in [0, 0.1) is 11.6 Å². The molecule has 1 aromatic heterocycles. The Morgan fingerprint density at radius 1 is 1.21 bits per heavy atom. The van der Waals surface area contributed by atoms with E-state index in [1.807, 2.05) is 0 Å². The average molecular weight is 264 g/mol. The van der Waals surface area contributed by atoms with Gasteiger partial charge < -0.3 is 10.1 Å². The Bertz CT molecular complexity index is 575. The molecule has 1 N–H and O–H groups in total. The van der Waals surface area contributed by atoms with Gasteiger partial charge in [0.25, 0.3) is 0 Å². The second-order valence-corrected chi connectivity index (χ2v) is 4.01. The van der Waals surface area contributed by atoms with Crippen molar-refractivity contribution in [2.45, 2.75) is 6.04 Å². The van der Waals surface area contributed by atoms with Crippen LogP contribution in [0.3, 0.4) is 0 Å². The van der Waals surface area contributed by atoms with Crippen LogP contribution < -0.4 is 10.1 Å². The molecule has 0 fully saturated rings. The van der Waals surface area contributed by atoms with Gasteiger partial charge in [0.05, 0.1) is 19.3 Å². The second-order valence-electron chi connectivity index (χ2n) is 4.01. The summed E-state index contributed by atoms with van der Waals surface area (Å²) < 4.78 is 32.4. The van der Waals surface area contributed by atoms with Crippen LogP contribution in [0.25, 0.3) is 0 Å². The molecule has 0 aliphatic rings. The van der Waals surface area contributed by atoms with Gasteiger partial charge in [-0.15, -0.1) is 0 Å². The van der Waals surface area contributed by atoms with Crippen LogP contribution in [0.5, 0.6) is 5.75 Å². The number of benzene rings is 1. The number of pyridine rings is 1. The minimum absolute atomic E-state index is 0.390. The molecule has 0 spiro atoms. The summed E-state index contributed by atoms with van der Waals surface area (Å²) in [6, 6.07) is 5.21. The fraction of sp³-hybridized carbons (Fsp3) is 0.214. The number of nitrogens with one attached hydrogen (secondary N) is 1. The topological polar surface area (TPSA) is 34.2 Å². The molecule has 0 amide bonds. The van der Waals surface area contributed by atoms with Crippen LogP contribution in [0.4, 0.5) is 8.78 Å². The van der Waals surface area contributed by atoms with Crippen molar-refractivity contribution >= 4 is 0 Å². The Labute approximate surface area is 110 Å². The van der Waals surface area contributed by atoms with Crippen LogP contribution >= 0.6 is 0 Å². The molecule has 0 saturated carbocycles. The van der Waals surface area contributed by atoms with Gasteiger partial charge in [-0.3, -0.25) is 4.98 Å². The summed E-state index contributed by atoms with van der Waals surface area (Å²) in [6.45, 7) is 0. The predicted octanol–water partition coefficient (Wildman–Crippen LogP) is 2.68. The van der Waals surface area contributed by atoms with E-state index in [4.69, 9.17) is 4.74 Å². The Morgan fingerprint density at radius 2 is 2.00 bits per heavy atom. The largest absolute Gasteiger partial charge is 0.496 e. The third-order valence-corrected chi connectivity index (χ3v) is 2.91. The smallest absolute Gasteiger partial charge is 0.146 e. The van der Waals surface area contributed by atoms with E-state index >= 15 is 0 Å². The van der Waals surface area contributed by atoms with Crippen molar-refractivity contribution in [2.24, 2.45) is 0 Å². The maximum Gasteiger partial charge on any atom is 0.146 e. The van der Waals surface area contributed by atoms with Crippen LogP contribution in [0.15, 0.2) is 36.7 Å². The molecule has 2 aromatic rings. The van der Waals surface area contributed by atoms with Gasteiger partial charge in [0.2, 0.25) is 0 Å². The summed E-state index contributed by atoms with van der Waals surface area (Å²) >= 11 is 0. The fourth-order valence-electron chi connectivity index (χ4n) is 2.03. The van der Waals surface area contributed by atoms with Crippen molar-refractivity contribution in [1.82, 2.24) is 10.3 Å². The minimum atomic E-state index is -0.506. The molecule has 1 atom stereocenters. The zero-order valence-electron chi connectivity index (χ0n) is 10.7. The van der Waals surface area contributed by atoms with E-state index in [-0.39, 0.29) is 0 Å². The normalized spacial score (nSPS) is 12.2. The van der Waals surface area contributed by atoms with Crippen LogP contribution in [0.1, 0.15) is 17.2 Å². The standard InChI is InChI=1S/C14H14F2N2O/c1-17-14(10-5-6-18-8-12(10)16)11-7-9(15)3-4-13(11)19-2/h3-8,14,17H,1-2H3. The Hall–Kier alpha value is -2.01. The molecule has 0 aliphatic heterocycles. The molecule has 1 unspecified atom stereocenters. The van der Waals surface area contributed by atoms with E-state index in [1.165, 1.54) is 31.5 Å². The van der Waals surface area contributed by atoms with Crippen molar-refractivity contribution in [3.8, 4) is 5.75 Å². The first-order chi connectivity index (χ1) is 9.17. The lowest BCUT2D eigenvalue weighted by Crippen LogP contribution is -2.20. The Morgan fingerprint density at radius 3 is 2.63 bits per heavy atom. The minimum Gasteiger partial charge on any atom is -0.496 e. The van der Waals surface area contributed by atoms with Gasteiger partial charge in [0, 0.05) is 17.3 Å². The number of hydrogen-bond donors (Lipinski definition) is 1. The van der Waals surface area contributed by atoms with Gasteiger partial charge in [0.15, 0.2) is 0 Å². The maximum atomic E-state index is 13.8. The first-order valence-electron chi connectivity index (χ1n) is 5.77. The summed E-state index contributed by atoms with van der Waals surface area (Å²) in [7, 11) is 3.17. The average Bonchev–Trinajstić information content (AvgIpc) is 2.42. The lowest BCUT2D eigenvalue weighted by atomic mass is 9.98. The summed E-state index contributed by atoms with van der Waals surface area (Å²) in [5.74, 6) is -0.351. The SMILES string of the molecule is CNC(c1ccncc1F)c1cc(F)ccc1OC. The van der Waals surface area contributed by atoms with Crippen molar-refractivity contribution in [2.75, 3.05) is 14.2 Å². The zero-order chi connectivity index (χ0) is 13.8. The van der Waals surface area contributed by atoms with Crippen LogP contribution in [-0.4, -0.2) is 19.1 Å². The molecule has 2 rings (SSSR count). The van der Waals surface area contributed by atoms with Gasteiger partial charge in [-0.25, -0.2) is 8.78 Å². The summed E-state index contributed by atoms with van der Waals surface area (Å²) in [5, 5.41) is 2.96. The summed E-state index contributed by atoms with van der Waals surface area (Å²) in [5.41, 5.74) is 0.927. The fourth-order valence-corrected chi connectivity index (χ4v) is 2.03. The van der Waals surface area contributed by atoms with Crippen LogP contribution in [0.2, 0.25) is 0 Å². The van der Waals surface area contributed by atoms with Crippen molar-refractivity contribution in [3.63, 3.8) is 0 Å². The van der Waals surface area contributed by atoms with Gasteiger partial charge in [-0.05, 0) is 31.3 Å². The van der Waals surface area contributed by atoms with E-state index in [0.29, 0.717) is 16.9 Å². The lowest BCUT2D eigenvalue weighted by molar-refractivity contribution is 0.403. The van der Waals surface area contributed by atoms with E-state index < -0.39 is 17.7 Å². The molecular weight excluding hydrogens is 250 g/mol. The van der Waals surface area contributed by atoms with Gasteiger partial charge in [-0.2, -0.15) is 0 Å². The molecule has 3 nitrogen and oxygen atoms in total. The van der Waals surface area contributed by atoms with E-state index in [0.717, 1.165) is 6.20 Å². The monoisotopic (exact) mass is 264 g/mol. The molecular formula is C14H14F2N2O. The quantitative estimate of drug-likeness (QED) is 0.922. The first kappa shape index (κ1) is 13.4. The number of methoxy groups -OCH3 is 1. The third kappa shape index (κ3) is 2.71. The number of nitrogens with zero attached hydrogens (tertiary/aromatic N) is 1.